The largest absolute Gasteiger partial charge is 0.611 e. The highest BCUT2D eigenvalue weighted by Crippen LogP contribution is 2.34. The minimum Gasteiger partial charge on any atom is -0.611 e. The summed E-state index contributed by atoms with van der Waals surface area (Å²) in [4.78, 5) is 26.0. The summed E-state index contributed by atoms with van der Waals surface area (Å²) in [7, 11) is 1.81. The maximum absolute atomic E-state index is 13.1. The van der Waals surface area contributed by atoms with E-state index in [1.807, 2.05) is 7.05 Å². The number of aryl methyl sites for hydroxylation is 1. The van der Waals surface area contributed by atoms with Crippen molar-refractivity contribution in [1.29, 1.82) is 0 Å². The third kappa shape index (κ3) is 4.86. The van der Waals surface area contributed by atoms with Crippen molar-refractivity contribution in [3.05, 3.63) is 35.8 Å². The summed E-state index contributed by atoms with van der Waals surface area (Å²) in [6.07, 6.45) is 3.58. The highest BCUT2D eigenvalue weighted by Gasteiger charge is 2.35. The Morgan fingerprint density at radius 2 is 1.91 bits per heavy atom. The number of aromatic nitrogens is 2. The number of likely N-dealkylation sites (N-methyl/N-ethyl adjacent to an activating group) is 1. The van der Waals surface area contributed by atoms with Crippen molar-refractivity contribution in [3.63, 3.8) is 0 Å². The fraction of sp³-hybridized carbons (Fsp3) is 0.522. The van der Waals surface area contributed by atoms with E-state index in [0.29, 0.717) is 47.6 Å². The Morgan fingerprint density at radius 3 is 2.64 bits per heavy atom. The van der Waals surface area contributed by atoms with Crippen LogP contribution >= 0.6 is 0 Å². The van der Waals surface area contributed by atoms with Crippen LogP contribution in [0.5, 0.6) is 5.75 Å². The molecule has 4 heterocycles. The molecule has 2 fully saturated rings. The molecule has 1 N–H and O–H groups in total. The van der Waals surface area contributed by atoms with Crippen LogP contribution < -0.4 is 15.0 Å². The number of rotatable bonds is 5. The first-order valence-corrected chi connectivity index (χ1v) is 12.7. The van der Waals surface area contributed by atoms with Crippen molar-refractivity contribution in [1.82, 2.24) is 14.9 Å². The average Bonchev–Trinajstić information content (AvgIpc) is 3.19. The average molecular weight is 474 g/mol. The molecule has 176 valence electrons. The van der Waals surface area contributed by atoms with E-state index in [4.69, 9.17) is 14.7 Å². The van der Waals surface area contributed by atoms with Crippen LogP contribution in [0.15, 0.2) is 29.2 Å². The van der Waals surface area contributed by atoms with Crippen molar-refractivity contribution in [2.75, 3.05) is 42.7 Å². The number of ether oxygens (including phenoxy) is 1. The van der Waals surface area contributed by atoms with E-state index in [1.54, 1.807) is 17.0 Å². The molecule has 0 aliphatic carbocycles. The van der Waals surface area contributed by atoms with E-state index in [0.717, 1.165) is 38.0 Å². The molecule has 2 saturated heterocycles. The van der Waals surface area contributed by atoms with E-state index in [-0.39, 0.29) is 23.9 Å². The Balaban J connectivity index is 1.28. The van der Waals surface area contributed by atoms with Gasteiger partial charge in [0.05, 0.1) is 0 Å². The number of hydrogen-bond donors (Lipinski definition) is 1. The number of anilines is 2. The molecule has 1 amide bonds. The number of amides is 1. The number of benzene rings is 1. The first kappa shape index (κ1) is 22.2. The zero-order chi connectivity index (χ0) is 22.9. The second-order valence-electron chi connectivity index (χ2n) is 8.86. The van der Waals surface area contributed by atoms with Gasteiger partial charge in [-0.15, -0.1) is 0 Å². The minimum absolute atomic E-state index is 0.0570. The van der Waals surface area contributed by atoms with Crippen LogP contribution in [0.3, 0.4) is 0 Å². The lowest BCUT2D eigenvalue weighted by atomic mass is 10.1. The van der Waals surface area contributed by atoms with Crippen LogP contribution in [0.1, 0.15) is 31.4 Å². The first-order valence-electron chi connectivity index (χ1n) is 11.4. The third-order valence-corrected chi connectivity index (χ3v) is 7.94. The molecule has 5 rings (SSSR count). The number of fused-ring (bicyclic) bond motifs is 1. The van der Waals surface area contributed by atoms with Crippen LogP contribution in [0.25, 0.3) is 0 Å². The van der Waals surface area contributed by atoms with Crippen molar-refractivity contribution in [2.45, 2.75) is 49.1 Å². The van der Waals surface area contributed by atoms with Crippen LogP contribution in [0.4, 0.5) is 16.2 Å². The summed E-state index contributed by atoms with van der Waals surface area (Å²) in [6.45, 7) is 2.09. The van der Waals surface area contributed by atoms with E-state index in [2.05, 4.69) is 10.2 Å². The number of nitrogens with one attached hydrogen (secondary N) is 1. The number of hydrogen-bond acceptors (Lipinski definition) is 7. The Bertz CT molecular complexity index is 1020. The highest BCUT2D eigenvalue weighted by atomic mass is 32.2. The fourth-order valence-electron chi connectivity index (χ4n) is 4.63. The van der Waals surface area contributed by atoms with E-state index in [9.17, 15) is 13.7 Å². The van der Waals surface area contributed by atoms with Gasteiger partial charge in [0.15, 0.2) is 5.82 Å². The predicted octanol–water partition coefficient (Wildman–Crippen LogP) is 2.36. The van der Waals surface area contributed by atoms with Gasteiger partial charge < -0.3 is 24.4 Å². The molecule has 1 unspecified atom stereocenters. The molecule has 1 aromatic carbocycles. The Morgan fingerprint density at radius 1 is 1.15 bits per heavy atom. The van der Waals surface area contributed by atoms with Crippen LogP contribution in [-0.4, -0.2) is 69.9 Å². The summed E-state index contributed by atoms with van der Waals surface area (Å²) in [5.74, 6) is 2.41. The normalized spacial score (nSPS) is 23.5. The van der Waals surface area contributed by atoms with Crippen LogP contribution in [0.2, 0.25) is 0 Å². The zero-order valence-electron chi connectivity index (χ0n) is 18.6. The lowest BCUT2D eigenvalue weighted by Crippen LogP contribution is -2.43. The van der Waals surface area contributed by atoms with Crippen molar-refractivity contribution >= 4 is 28.8 Å². The van der Waals surface area contributed by atoms with Gasteiger partial charge in [-0.3, -0.25) is 4.79 Å². The molecule has 1 aromatic heterocycles. The minimum atomic E-state index is -1.11. The van der Waals surface area contributed by atoms with E-state index in [1.165, 1.54) is 12.1 Å². The Kier molecular flexibility index (Phi) is 6.29. The molecule has 0 bridgehead atoms. The first-order chi connectivity index (χ1) is 16.0. The lowest BCUT2D eigenvalue weighted by Gasteiger charge is -2.33. The monoisotopic (exact) mass is 473 g/mol. The number of piperidine rings is 2. The topological polar surface area (TPSA) is 93.7 Å². The number of carbonyl (C=O) groups is 1. The van der Waals surface area contributed by atoms with Gasteiger partial charge in [-0.05, 0) is 41.9 Å². The molecular weight excluding hydrogens is 445 g/mol. The van der Waals surface area contributed by atoms with Crippen molar-refractivity contribution in [3.8, 4) is 5.75 Å². The quantitative estimate of drug-likeness (QED) is 0.667. The highest BCUT2D eigenvalue weighted by molar-refractivity contribution is 7.91. The molecular formula is C23H28FN5O3S. The molecule has 3 aliphatic rings. The summed E-state index contributed by atoms with van der Waals surface area (Å²) >= 11 is -1.11. The smallest absolute Gasteiger partial charge is 0.227 e. The number of halogens is 1. The zero-order valence-corrected chi connectivity index (χ0v) is 19.4. The van der Waals surface area contributed by atoms with Crippen molar-refractivity contribution in [2.24, 2.45) is 0 Å². The predicted molar refractivity (Wildman–Crippen MR) is 124 cm³/mol. The summed E-state index contributed by atoms with van der Waals surface area (Å²) < 4.78 is 31.8. The number of likely N-dealkylation sites (tertiary alicyclic amines) is 1. The van der Waals surface area contributed by atoms with Gasteiger partial charge in [0.1, 0.15) is 29.1 Å². The molecule has 3 aliphatic heterocycles. The van der Waals surface area contributed by atoms with Crippen molar-refractivity contribution < 1.29 is 18.5 Å². The SMILES string of the molecule is CN1C[C@@H](Nc2nc(N3CCC(Oc4ccc(F)cc4)CC3)nc3c2[S+]([O-])CC3)CCC1=O. The molecule has 0 spiro atoms. The van der Waals surface area contributed by atoms with Gasteiger partial charge in [-0.25, -0.2) is 9.37 Å². The molecule has 33 heavy (non-hydrogen) atoms. The van der Waals surface area contributed by atoms with E-state index < -0.39 is 11.2 Å². The molecule has 0 radical (unpaired) electrons. The van der Waals surface area contributed by atoms with E-state index >= 15 is 0 Å². The maximum atomic E-state index is 13.1. The molecule has 2 atom stereocenters. The summed E-state index contributed by atoms with van der Waals surface area (Å²) in [5, 5.41) is 3.47. The summed E-state index contributed by atoms with van der Waals surface area (Å²) in [6, 6.07) is 6.19. The van der Waals surface area contributed by atoms with Gasteiger partial charge in [-0.1, -0.05) is 0 Å². The molecule has 0 saturated carbocycles. The van der Waals surface area contributed by atoms with Gasteiger partial charge in [0.25, 0.3) is 0 Å². The molecule has 2 aromatic rings. The molecule has 8 nitrogen and oxygen atoms in total. The second-order valence-corrected chi connectivity index (χ2v) is 10.4. The van der Waals surface area contributed by atoms with Crippen LogP contribution in [-0.2, 0) is 22.4 Å². The standard InChI is InChI=1S/C23H28FN5O3S/c1-28-14-16(4-7-20(28)30)25-22-21-19(10-13-33(21)31)26-23(27-22)29-11-8-18(9-12-29)32-17-5-2-15(24)3-6-17/h2-3,5-6,16,18H,4,7-14H2,1H3,(H,25,26,27)/t16-,33?/m0/s1. The lowest BCUT2D eigenvalue weighted by molar-refractivity contribution is -0.132. The van der Waals surface area contributed by atoms with Gasteiger partial charge >= 0.3 is 0 Å². The fourth-order valence-corrected chi connectivity index (χ4v) is 5.94. The number of nitrogens with zero attached hydrogens (tertiary/aromatic N) is 4. The van der Waals surface area contributed by atoms with Gasteiger partial charge in [-0.2, -0.15) is 4.98 Å². The second kappa shape index (κ2) is 9.34. The maximum Gasteiger partial charge on any atom is 0.227 e. The molecule has 10 heteroatoms. The van der Waals surface area contributed by atoms with Gasteiger partial charge in [0.2, 0.25) is 16.8 Å². The van der Waals surface area contributed by atoms with Gasteiger partial charge in [0, 0.05) is 58.4 Å². The van der Waals surface area contributed by atoms with Crippen LogP contribution in [0, 0.1) is 5.82 Å². The third-order valence-electron chi connectivity index (χ3n) is 6.48. The Hall–Kier alpha value is -2.59. The summed E-state index contributed by atoms with van der Waals surface area (Å²) in [5.41, 5.74) is 0.853. The Labute approximate surface area is 195 Å². The number of carbonyl (C=O) groups excluding carboxylic acids is 1.